The summed E-state index contributed by atoms with van der Waals surface area (Å²) < 4.78 is 0. The van der Waals surface area contributed by atoms with Gasteiger partial charge in [-0.05, 0) is 26.0 Å². The summed E-state index contributed by atoms with van der Waals surface area (Å²) in [6.07, 6.45) is 0. The lowest BCUT2D eigenvalue weighted by atomic mass is 10.3. The van der Waals surface area contributed by atoms with Crippen molar-refractivity contribution >= 4 is 41.3 Å². The van der Waals surface area contributed by atoms with Crippen molar-refractivity contribution in [2.24, 2.45) is 10.7 Å². The lowest BCUT2D eigenvalue weighted by molar-refractivity contribution is -0.384. The van der Waals surface area contributed by atoms with Crippen molar-refractivity contribution in [3.05, 3.63) is 34.4 Å². The minimum Gasteiger partial charge on any atom is -0.383 e. The number of nitro groups is 1. The molecule has 20 heavy (non-hydrogen) atoms. The molecule has 0 radical (unpaired) electrons. The van der Waals surface area contributed by atoms with Crippen LogP contribution in [0.4, 0.5) is 11.4 Å². The van der Waals surface area contributed by atoms with E-state index < -0.39 is 4.92 Å². The maximum atomic E-state index is 10.5. The highest BCUT2D eigenvalue weighted by atomic mass is 127. The first-order chi connectivity index (χ1) is 8.99. The van der Waals surface area contributed by atoms with Gasteiger partial charge in [-0.25, -0.2) is 0 Å². The Hall–Kier alpha value is -1.58. The molecule has 0 spiro atoms. The quantitative estimate of drug-likeness (QED) is 0.171. The van der Waals surface area contributed by atoms with E-state index in [-0.39, 0.29) is 35.7 Å². The number of nitrogens with zero attached hydrogens (tertiary/aromatic N) is 2. The van der Waals surface area contributed by atoms with Gasteiger partial charge in [0.05, 0.1) is 11.5 Å². The predicted molar refractivity (Wildman–Crippen MR) is 91.8 cm³/mol. The monoisotopic (exact) mass is 393 g/mol. The fraction of sp³-hybridized carbons (Fsp3) is 0.417. The topological polar surface area (TPSA) is 106 Å². The third-order valence-electron chi connectivity index (χ3n) is 2.24. The number of nitro benzene ring substituents is 1. The Bertz CT molecular complexity index is 448. The van der Waals surface area contributed by atoms with Crippen molar-refractivity contribution in [3.8, 4) is 0 Å². The molecule has 0 aliphatic rings. The van der Waals surface area contributed by atoms with Gasteiger partial charge in [-0.15, -0.1) is 24.0 Å². The van der Waals surface area contributed by atoms with Gasteiger partial charge in [0.1, 0.15) is 0 Å². The number of aliphatic imine (C=N–C) groups is 1. The SMILES string of the molecule is CC(C)NC(N)=NCCNc1ccc([N+](=O)[O-])cc1.I. The zero-order valence-electron chi connectivity index (χ0n) is 11.5. The van der Waals surface area contributed by atoms with Crippen molar-refractivity contribution in [3.63, 3.8) is 0 Å². The molecule has 1 rings (SSSR count). The van der Waals surface area contributed by atoms with E-state index in [1.165, 1.54) is 12.1 Å². The summed E-state index contributed by atoms with van der Waals surface area (Å²) in [6, 6.07) is 6.50. The largest absolute Gasteiger partial charge is 0.383 e. The standard InChI is InChI=1S/C12H19N5O2.HI/c1-9(2)16-12(13)15-8-7-14-10-3-5-11(6-4-10)17(18)19;/h3-6,9,14H,7-8H2,1-2H3,(H3,13,15,16);1H. The molecule has 7 nitrogen and oxygen atoms in total. The highest BCUT2D eigenvalue weighted by molar-refractivity contribution is 14.0. The van der Waals surface area contributed by atoms with Gasteiger partial charge in [0.2, 0.25) is 0 Å². The summed E-state index contributed by atoms with van der Waals surface area (Å²) >= 11 is 0. The summed E-state index contributed by atoms with van der Waals surface area (Å²) in [5, 5.41) is 16.6. The molecule has 8 heteroatoms. The van der Waals surface area contributed by atoms with Crippen LogP contribution in [0, 0.1) is 10.1 Å². The number of halogens is 1. The Labute approximate surface area is 135 Å². The molecular formula is C12H20IN5O2. The van der Waals surface area contributed by atoms with Gasteiger partial charge in [0.15, 0.2) is 5.96 Å². The van der Waals surface area contributed by atoms with Crippen LogP contribution < -0.4 is 16.4 Å². The van der Waals surface area contributed by atoms with Crippen LogP contribution in [0.25, 0.3) is 0 Å². The summed E-state index contributed by atoms with van der Waals surface area (Å²) in [4.78, 5) is 14.2. The number of hydrogen-bond donors (Lipinski definition) is 3. The van der Waals surface area contributed by atoms with Crippen molar-refractivity contribution in [2.45, 2.75) is 19.9 Å². The molecule has 1 aromatic rings. The van der Waals surface area contributed by atoms with E-state index >= 15 is 0 Å². The molecule has 0 saturated heterocycles. The minimum atomic E-state index is -0.424. The summed E-state index contributed by atoms with van der Waals surface area (Å²) in [7, 11) is 0. The van der Waals surface area contributed by atoms with Crippen LogP contribution in [-0.4, -0.2) is 30.0 Å². The molecule has 0 saturated carbocycles. The molecule has 0 heterocycles. The molecule has 1 aromatic carbocycles. The highest BCUT2D eigenvalue weighted by Crippen LogP contribution is 2.14. The number of hydrogen-bond acceptors (Lipinski definition) is 4. The number of nitrogens with one attached hydrogen (secondary N) is 2. The van der Waals surface area contributed by atoms with Gasteiger partial charge in [-0.1, -0.05) is 0 Å². The van der Waals surface area contributed by atoms with Gasteiger partial charge in [-0.3, -0.25) is 15.1 Å². The molecule has 0 bridgehead atoms. The van der Waals surface area contributed by atoms with Crippen LogP contribution in [0.15, 0.2) is 29.3 Å². The first-order valence-corrected chi connectivity index (χ1v) is 6.04. The Kier molecular flexibility index (Phi) is 8.61. The van der Waals surface area contributed by atoms with Gasteiger partial charge in [0, 0.05) is 30.4 Å². The number of non-ortho nitro benzene ring substituents is 1. The van der Waals surface area contributed by atoms with Crippen molar-refractivity contribution < 1.29 is 4.92 Å². The van der Waals surface area contributed by atoms with Crippen molar-refractivity contribution in [1.29, 1.82) is 0 Å². The van der Waals surface area contributed by atoms with Gasteiger partial charge in [-0.2, -0.15) is 0 Å². The van der Waals surface area contributed by atoms with Gasteiger partial charge < -0.3 is 16.4 Å². The summed E-state index contributed by atoms with van der Waals surface area (Å²) in [5.41, 5.74) is 6.54. The smallest absolute Gasteiger partial charge is 0.269 e. The zero-order valence-corrected chi connectivity index (χ0v) is 13.8. The average Bonchev–Trinajstić information content (AvgIpc) is 2.34. The first kappa shape index (κ1) is 18.4. The number of anilines is 1. The fourth-order valence-corrected chi connectivity index (χ4v) is 1.42. The summed E-state index contributed by atoms with van der Waals surface area (Å²) in [5.74, 6) is 0.417. The molecule has 112 valence electrons. The highest BCUT2D eigenvalue weighted by Gasteiger charge is 2.03. The lowest BCUT2D eigenvalue weighted by Gasteiger charge is -2.09. The minimum absolute atomic E-state index is 0. The number of rotatable bonds is 6. The van der Waals surface area contributed by atoms with E-state index in [2.05, 4.69) is 15.6 Å². The third kappa shape index (κ3) is 7.12. The van der Waals surface area contributed by atoms with Crippen molar-refractivity contribution in [2.75, 3.05) is 18.4 Å². The maximum absolute atomic E-state index is 10.5. The number of guanidine groups is 1. The zero-order chi connectivity index (χ0) is 14.3. The number of nitrogens with two attached hydrogens (primary N) is 1. The lowest BCUT2D eigenvalue weighted by Crippen LogP contribution is -2.37. The Balaban J connectivity index is 0.00000361. The van der Waals surface area contributed by atoms with E-state index in [4.69, 9.17) is 5.73 Å². The maximum Gasteiger partial charge on any atom is 0.269 e. The predicted octanol–water partition coefficient (Wildman–Crippen LogP) is 1.94. The first-order valence-electron chi connectivity index (χ1n) is 6.04. The van der Waals surface area contributed by atoms with Crippen LogP contribution in [0.2, 0.25) is 0 Å². The van der Waals surface area contributed by atoms with E-state index in [0.717, 1.165) is 5.69 Å². The molecule has 0 aromatic heterocycles. The normalized spacial score (nSPS) is 10.8. The molecule has 0 aliphatic carbocycles. The summed E-state index contributed by atoms with van der Waals surface area (Å²) in [6.45, 7) is 5.11. The molecule has 0 aliphatic heterocycles. The Morgan fingerprint density at radius 2 is 2.00 bits per heavy atom. The molecule has 4 N–H and O–H groups in total. The van der Waals surface area contributed by atoms with Gasteiger partial charge in [0.25, 0.3) is 5.69 Å². The third-order valence-corrected chi connectivity index (χ3v) is 2.24. The Morgan fingerprint density at radius 1 is 1.40 bits per heavy atom. The van der Waals surface area contributed by atoms with Crippen LogP contribution in [0.5, 0.6) is 0 Å². The van der Waals surface area contributed by atoms with Gasteiger partial charge >= 0.3 is 0 Å². The number of benzene rings is 1. The van der Waals surface area contributed by atoms with Crippen LogP contribution in [-0.2, 0) is 0 Å². The molecule has 0 fully saturated rings. The molecule has 0 atom stereocenters. The molecule has 0 unspecified atom stereocenters. The van der Waals surface area contributed by atoms with Crippen LogP contribution in [0.1, 0.15) is 13.8 Å². The van der Waals surface area contributed by atoms with Crippen LogP contribution >= 0.6 is 24.0 Å². The Morgan fingerprint density at radius 3 is 2.50 bits per heavy atom. The van der Waals surface area contributed by atoms with E-state index in [1.54, 1.807) is 12.1 Å². The van der Waals surface area contributed by atoms with Crippen LogP contribution in [0.3, 0.4) is 0 Å². The molecule has 0 amide bonds. The van der Waals surface area contributed by atoms with E-state index in [0.29, 0.717) is 19.0 Å². The fourth-order valence-electron chi connectivity index (χ4n) is 1.42. The average molecular weight is 393 g/mol. The second-order valence-corrected chi connectivity index (χ2v) is 4.30. The molecular weight excluding hydrogens is 373 g/mol. The van der Waals surface area contributed by atoms with E-state index in [9.17, 15) is 10.1 Å². The van der Waals surface area contributed by atoms with Crippen molar-refractivity contribution in [1.82, 2.24) is 5.32 Å². The second kappa shape index (κ2) is 9.34. The van der Waals surface area contributed by atoms with E-state index in [1.807, 2.05) is 13.8 Å². The second-order valence-electron chi connectivity index (χ2n) is 4.30.